The van der Waals surface area contributed by atoms with Gasteiger partial charge in [-0.15, -0.1) is 0 Å². The molecule has 7 heteroatoms. The number of benzene rings is 2. The first-order valence-corrected chi connectivity index (χ1v) is 12.5. The van der Waals surface area contributed by atoms with Crippen molar-refractivity contribution >= 4 is 33.0 Å². The number of anilines is 1. The fraction of sp³-hybridized carbons (Fsp3) is 0.269. The minimum absolute atomic E-state index is 0.0752. The van der Waals surface area contributed by atoms with Crippen LogP contribution >= 0.6 is 0 Å². The molecule has 1 aromatic heterocycles. The molecular formula is C26H29N2O4S+. The van der Waals surface area contributed by atoms with E-state index in [1.54, 1.807) is 0 Å². The number of hydrogen-bond acceptors (Lipinski definition) is 4. The first-order chi connectivity index (χ1) is 15.7. The number of aryl methyl sites for hydroxylation is 1. The monoisotopic (exact) mass is 465 g/mol. The lowest BCUT2D eigenvalue weighted by atomic mass is 9.84. The first kappa shape index (κ1) is 23.0. The minimum Gasteiger partial charge on any atom is -0.398 e. The third-order valence-corrected chi connectivity index (χ3v) is 6.88. The van der Waals surface area contributed by atoms with Crippen molar-refractivity contribution in [1.29, 1.82) is 0 Å². The summed E-state index contributed by atoms with van der Waals surface area (Å²) in [5.74, 6) is 0.330. The van der Waals surface area contributed by atoms with Crippen molar-refractivity contribution in [3.8, 4) is 0 Å². The van der Waals surface area contributed by atoms with E-state index in [2.05, 4.69) is 56.1 Å². The van der Waals surface area contributed by atoms with Crippen LogP contribution in [-0.2, 0) is 22.1 Å². The highest BCUT2D eigenvalue weighted by molar-refractivity contribution is 7.85. The molecule has 2 aromatic carbocycles. The van der Waals surface area contributed by atoms with Crippen LogP contribution in [0.15, 0.2) is 82.9 Å². The summed E-state index contributed by atoms with van der Waals surface area (Å²) in [5.41, 5.74) is 5.29. The molecule has 0 aliphatic carbocycles. The standard InChI is InChI=1S/C26H28N2O4S/c1-26(2)20-12-7-8-13-21(20)27(3)24(26)16-5-4-6-17-25-28(18-11-19-33(29,30)31)22-14-9-10-15-23(22)32-25/h4-10,12-17H,11,18-19H2,1-3H3/p+1. The molecule has 0 bridgehead atoms. The van der Waals surface area contributed by atoms with Crippen molar-refractivity contribution in [1.82, 2.24) is 0 Å². The van der Waals surface area contributed by atoms with Crippen molar-refractivity contribution in [3.63, 3.8) is 0 Å². The van der Waals surface area contributed by atoms with Crippen LogP contribution in [0.25, 0.3) is 17.2 Å². The van der Waals surface area contributed by atoms with Crippen molar-refractivity contribution in [2.45, 2.75) is 32.2 Å². The van der Waals surface area contributed by atoms with Crippen LogP contribution in [0.2, 0.25) is 0 Å². The molecule has 0 spiro atoms. The molecule has 6 nitrogen and oxygen atoms in total. The highest BCUT2D eigenvalue weighted by atomic mass is 32.2. The normalized spacial score (nSPS) is 17.1. The summed E-state index contributed by atoms with van der Waals surface area (Å²) in [7, 11) is -1.90. The Morgan fingerprint density at radius 2 is 1.79 bits per heavy atom. The van der Waals surface area contributed by atoms with E-state index in [9.17, 15) is 8.42 Å². The minimum atomic E-state index is -3.99. The fourth-order valence-electron chi connectivity index (χ4n) is 4.46. The maximum Gasteiger partial charge on any atom is 0.374 e. The molecule has 0 atom stereocenters. The molecule has 0 fully saturated rings. The Hall–Kier alpha value is -3.16. The van der Waals surface area contributed by atoms with Gasteiger partial charge < -0.3 is 9.32 Å². The topological polar surface area (TPSA) is 74.6 Å². The number of oxazole rings is 1. The Balaban J connectivity index is 1.54. The summed E-state index contributed by atoms with van der Waals surface area (Å²) in [6.45, 7) is 4.88. The summed E-state index contributed by atoms with van der Waals surface area (Å²) in [4.78, 5) is 2.23. The Kier molecular flexibility index (Phi) is 6.28. The summed E-state index contributed by atoms with van der Waals surface area (Å²) < 4.78 is 39.1. The van der Waals surface area contributed by atoms with Crippen LogP contribution < -0.4 is 9.47 Å². The lowest BCUT2D eigenvalue weighted by molar-refractivity contribution is -0.677. The summed E-state index contributed by atoms with van der Waals surface area (Å²) >= 11 is 0. The van der Waals surface area contributed by atoms with E-state index in [1.807, 2.05) is 53.1 Å². The average molecular weight is 466 g/mol. The van der Waals surface area contributed by atoms with Gasteiger partial charge in [0.05, 0.1) is 11.8 Å². The third kappa shape index (κ3) is 4.79. The molecule has 33 heavy (non-hydrogen) atoms. The van der Waals surface area contributed by atoms with E-state index in [0.717, 1.165) is 11.1 Å². The number of aromatic nitrogens is 1. The van der Waals surface area contributed by atoms with E-state index >= 15 is 0 Å². The zero-order chi connectivity index (χ0) is 23.6. The van der Waals surface area contributed by atoms with Crippen LogP contribution in [-0.4, -0.2) is 25.8 Å². The van der Waals surface area contributed by atoms with Gasteiger partial charge in [0.25, 0.3) is 15.6 Å². The second-order valence-corrected chi connectivity index (χ2v) is 10.3. The number of rotatable bonds is 7. The van der Waals surface area contributed by atoms with Crippen LogP contribution in [0, 0.1) is 0 Å². The zero-order valence-corrected chi connectivity index (χ0v) is 19.9. The molecule has 4 rings (SSSR count). The number of fused-ring (bicyclic) bond motifs is 2. The van der Waals surface area contributed by atoms with Crippen molar-refractivity contribution in [2.75, 3.05) is 17.7 Å². The van der Waals surface area contributed by atoms with Gasteiger partial charge in [0, 0.05) is 36.3 Å². The van der Waals surface area contributed by atoms with Gasteiger partial charge in [0.15, 0.2) is 6.54 Å². The Morgan fingerprint density at radius 3 is 2.55 bits per heavy atom. The van der Waals surface area contributed by atoms with Crippen LogP contribution in [0.1, 0.15) is 31.7 Å². The van der Waals surface area contributed by atoms with E-state index in [-0.39, 0.29) is 17.6 Å². The van der Waals surface area contributed by atoms with E-state index in [0.29, 0.717) is 12.4 Å². The van der Waals surface area contributed by atoms with Crippen molar-refractivity contribution < 1.29 is 22.0 Å². The lowest BCUT2D eigenvalue weighted by Crippen LogP contribution is -2.36. The number of para-hydroxylation sites is 3. The van der Waals surface area contributed by atoms with Gasteiger partial charge in [-0.1, -0.05) is 62.4 Å². The third-order valence-electron chi connectivity index (χ3n) is 6.08. The second kappa shape index (κ2) is 9.00. The lowest BCUT2D eigenvalue weighted by Gasteiger charge is -2.23. The molecule has 1 aliphatic heterocycles. The number of nitrogens with zero attached hydrogens (tertiary/aromatic N) is 2. The SMILES string of the molecule is CN1/C(=C/C=C/C=C/c2oc3ccccc3[n+]2CCCS(=O)(=O)O)C(C)(C)c2ccccc21. The largest absolute Gasteiger partial charge is 0.398 e. The molecule has 3 aromatic rings. The van der Waals surface area contributed by atoms with Gasteiger partial charge in [-0.05, 0) is 23.8 Å². The molecule has 0 saturated heterocycles. The van der Waals surface area contributed by atoms with Gasteiger partial charge in [-0.25, -0.2) is 0 Å². The number of likely N-dealkylation sites (N-methyl/N-ethyl adjacent to an activating group) is 1. The number of hydrogen-bond donors (Lipinski definition) is 1. The average Bonchev–Trinajstić information content (AvgIpc) is 3.20. The van der Waals surface area contributed by atoms with Crippen molar-refractivity contribution in [3.05, 3.63) is 90.0 Å². The van der Waals surface area contributed by atoms with Gasteiger partial charge in [0.1, 0.15) is 0 Å². The predicted octanol–water partition coefficient (Wildman–Crippen LogP) is 4.88. The molecule has 2 heterocycles. The van der Waals surface area contributed by atoms with E-state index in [4.69, 9.17) is 8.97 Å². The van der Waals surface area contributed by atoms with Crippen LogP contribution in [0.3, 0.4) is 0 Å². The highest BCUT2D eigenvalue weighted by Gasteiger charge is 2.37. The molecule has 0 unspecified atom stereocenters. The van der Waals surface area contributed by atoms with Gasteiger partial charge >= 0.3 is 5.89 Å². The van der Waals surface area contributed by atoms with Gasteiger partial charge in [-0.3, -0.25) is 4.55 Å². The quantitative estimate of drug-likeness (QED) is 0.306. The smallest absolute Gasteiger partial charge is 0.374 e. The molecule has 0 saturated carbocycles. The molecular weight excluding hydrogens is 436 g/mol. The summed E-state index contributed by atoms with van der Waals surface area (Å²) in [5, 5.41) is 0. The first-order valence-electron chi connectivity index (χ1n) is 10.9. The summed E-state index contributed by atoms with van der Waals surface area (Å²) in [6, 6.07) is 16.1. The molecule has 1 N–H and O–H groups in total. The van der Waals surface area contributed by atoms with Crippen LogP contribution in [0.4, 0.5) is 5.69 Å². The van der Waals surface area contributed by atoms with Gasteiger partial charge in [-0.2, -0.15) is 13.0 Å². The maximum atomic E-state index is 11.1. The van der Waals surface area contributed by atoms with E-state index < -0.39 is 10.1 Å². The molecule has 1 aliphatic rings. The van der Waals surface area contributed by atoms with E-state index in [1.165, 1.54) is 16.9 Å². The molecule has 172 valence electrons. The molecule has 0 amide bonds. The van der Waals surface area contributed by atoms with Gasteiger partial charge in [0.2, 0.25) is 5.58 Å². The van der Waals surface area contributed by atoms with Crippen molar-refractivity contribution in [2.24, 2.45) is 0 Å². The molecule has 0 radical (unpaired) electrons. The maximum absolute atomic E-state index is 11.1. The zero-order valence-electron chi connectivity index (χ0n) is 19.1. The Bertz CT molecular complexity index is 1360. The Morgan fingerprint density at radius 1 is 1.06 bits per heavy atom. The highest BCUT2D eigenvalue weighted by Crippen LogP contribution is 2.46. The van der Waals surface area contributed by atoms with Crippen LogP contribution in [0.5, 0.6) is 0 Å². The Labute approximate surface area is 194 Å². The predicted molar refractivity (Wildman–Crippen MR) is 132 cm³/mol. The summed E-state index contributed by atoms with van der Waals surface area (Å²) in [6.07, 6.45) is 10.2. The second-order valence-electron chi connectivity index (χ2n) is 8.70. The fourth-order valence-corrected chi connectivity index (χ4v) is 4.96. The number of allylic oxidation sites excluding steroid dienone is 5.